The maximum Gasteiger partial charge on any atom is 0.330 e. The molecule has 0 aromatic carbocycles. The molecule has 0 aliphatic carbocycles. The Morgan fingerprint density at radius 3 is 2.44 bits per heavy atom. The first-order valence-electron chi connectivity index (χ1n) is 2.32. The number of carbonyl (C=O) groups excluding carboxylic acids is 1. The second kappa shape index (κ2) is 9.85. The van der Waals surface area contributed by atoms with Crippen molar-refractivity contribution >= 4 is 5.97 Å². The average Bonchev–Trinajstić information content (AvgIpc) is 1.93. The third-order valence-corrected chi connectivity index (χ3v) is 0.453. The monoisotopic (exact) mass is 126 g/mol. The minimum atomic E-state index is -0.359. The number of rotatable bonds is 2. The van der Waals surface area contributed by atoms with Crippen molar-refractivity contribution in [2.75, 3.05) is 6.61 Å². The highest BCUT2D eigenvalue weighted by Gasteiger charge is 1.86. The molecule has 3 nitrogen and oxygen atoms in total. The van der Waals surface area contributed by atoms with E-state index in [0.29, 0.717) is 6.61 Å². The van der Waals surface area contributed by atoms with E-state index < -0.39 is 0 Å². The molecule has 0 aliphatic heterocycles. The number of hydrogen-bond donors (Lipinski definition) is 0. The SMILES string of the molecule is C=CC(=O)OCC.[C-]#N. The van der Waals surface area contributed by atoms with Gasteiger partial charge in [-0.3, -0.25) is 0 Å². The lowest BCUT2D eigenvalue weighted by Crippen LogP contribution is -1.97. The summed E-state index contributed by atoms with van der Waals surface area (Å²) in [5, 5.41) is 6.25. The molecular weight excluding hydrogens is 118 g/mol. The lowest BCUT2D eigenvalue weighted by Gasteiger charge is -1.90. The van der Waals surface area contributed by atoms with E-state index in [4.69, 9.17) is 11.8 Å². The number of esters is 1. The molecule has 0 aliphatic rings. The van der Waals surface area contributed by atoms with Crippen LogP contribution in [0.25, 0.3) is 0 Å². The van der Waals surface area contributed by atoms with Crippen molar-refractivity contribution in [3.05, 3.63) is 19.2 Å². The third-order valence-electron chi connectivity index (χ3n) is 0.453. The van der Waals surface area contributed by atoms with Gasteiger partial charge in [0.25, 0.3) is 0 Å². The Morgan fingerprint density at radius 1 is 1.89 bits per heavy atom. The Morgan fingerprint density at radius 2 is 2.33 bits per heavy atom. The standard InChI is InChI=1S/C5H8O2.CN/c1-3-5(6)7-4-2;1-2/h3H,1,4H2,2H3;/q;-1. The van der Waals surface area contributed by atoms with Crippen LogP contribution in [-0.2, 0) is 9.53 Å². The highest BCUT2D eigenvalue weighted by Crippen LogP contribution is 1.74. The molecule has 0 rings (SSSR count). The second-order valence-corrected chi connectivity index (χ2v) is 0.956. The predicted molar refractivity (Wildman–Crippen MR) is 31.8 cm³/mol. The molecule has 0 heterocycles. The fraction of sp³-hybridized carbons (Fsp3) is 0.333. The lowest BCUT2D eigenvalue weighted by molar-refractivity contribution is -0.137. The van der Waals surface area contributed by atoms with Crippen LogP contribution in [0.2, 0.25) is 0 Å². The van der Waals surface area contributed by atoms with Gasteiger partial charge in [-0.15, -0.1) is 0 Å². The van der Waals surface area contributed by atoms with Crippen LogP contribution in [0.3, 0.4) is 0 Å². The van der Waals surface area contributed by atoms with Crippen molar-refractivity contribution in [2.45, 2.75) is 6.92 Å². The van der Waals surface area contributed by atoms with Gasteiger partial charge in [-0.05, 0) is 6.92 Å². The van der Waals surface area contributed by atoms with Crippen molar-refractivity contribution in [3.63, 3.8) is 0 Å². The number of ether oxygens (including phenoxy) is 1. The first kappa shape index (κ1) is 10.6. The number of hydrogen-bond acceptors (Lipinski definition) is 3. The molecule has 0 spiro atoms. The Labute approximate surface area is 54.5 Å². The molecule has 0 atom stereocenters. The Kier molecular flexibility index (Phi) is 11.6. The van der Waals surface area contributed by atoms with Gasteiger partial charge in [0.2, 0.25) is 0 Å². The highest BCUT2D eigenvalue weighted by molar-refractivity contribution is 5.81. The van der Waals surface area contributed by atoms with Crippen LogP contribution in [0.1, 0.15) is 6.92 Å². The lowest BCUT2D eigenvalue weighted by atomic mass is 10.6. The van der Waals surface area contributed by atoms with Crippen molar-refractivity contribution in [1.29, 1.82) is 5.26 Å². The number of nitrogens with zero attached hydrogens (tertiary/aromatic N) is 1. The first-order valence-corrected chi connectivity index (χ1v) is 2.32. The molecule has 9 heavy (non-hydrogen) atoms. The number of carbonyl (C=O) groups is 1. The average molecular weight is 126 g/mol. The van der Waals surface area contributed by atoms with Crippen LogP contribution in [-0.4, -0.2) is 12.6 Å². The van der Waals surface area contributed by atoms with E-state index in [-0.39, 0.29) is 5.97 Å². The molecule has 0 saturated heterocycles. The summed E-state index contributed by atoms with van der Waals surface area (Å²) in [6, 6.07) is 0. The molecule has 0 amide bonds. The normalized spacial score (nSPS) is 6.11. The maximum absolute atomic E-state index is 10.1. The van der Waals surface area contributed by atoms with Gasteiger partial charge in [0.1, 0.15) is 0 Å². The summed E-state index contributed by atoms with van der Waals surface area (Å²) in [5.74, 6) is -0.359. The van der Waals surface area contributed by atoms with E-state index in [1.807, 2.05) is 0 Å². The molecule has 0 bridgehead atoms. The van der Waals surface area contributed by atoms with Gasteiger partial charge < -0.3 is 16.6 Å². The van der Waals surface area contributed by atoms with Gasteiger partial charge in [-0.2, -0.15) is 0 Å². The topological polar surface area (TPSA) is 50.1 Å². The Balaban J connectivity index is 0. The zero-order valence-corrected chi connectivity index (χ0v) is 5.26. The van der Waals surface area contributed by atoms with E-state index in [9.17, 15) is 4.79 Å². The van der Waals surface area contributed by atoms with Crippen LogP contribution < -0.4 is 0 Å². The van der Waals surface area contributed by atoms with Gasteiger partial charge in [0, 0.05) is 6.08 Å². The van der Waals surface area contributed by atoms with Crippen LogP contribution in [0.15, 0.2) is 12.7 Å². The van der Waals surface area contributed by atoms with Gasteiger partial charge in [-0.25, -0.2) is 4.79 Å². The molecule has 0 unspecified atom stereocenters. The van der Waals surface area contributed by atoms with E-state index in [1.165, 1.54) is 0 Å². The summed E-state index contributed by atoms with van der Waals surface area (Å²) in [6.07, 6.45) is 1.14. The zero-order valence-electron chi connectivity index (χ0n) is 5.26. The molecular formula is C6H8NO2-. The second-order valence-electron chi connectivity index (χ2n) is 0.956. The van der Waals surface area contributed by atoms with Gasteiger partial charge >= 0.3 is 5.97 Å². The van der Waals surface area contributed by atoms with E-state index >= 15 is 0 Å². The molecule has 50 valence electrons. The molecule has 0 N–H and O–H groups in total. The smallest absolute Gasteiger partial charge is 0.330 e. The Bertz CT molecular complexity index is 107. The molecule has 0 saturated carbocycles. The predicted octanol–water partition coefficient (Wildman–Crippen LogP) is 0.832. The maximum atomic E-state index is 10.1. The minimum absolute atomic E-state index is 0.359. The summed E-state index contributed by atoms with van der Waals surface area (Å²) >= 11 is 0. The van der Waals surface area contributed by atoms with E-state index in [2.05, 4.69) is 11.3 Å². The van der Waals surface area contributed by atoms with E-state index in [1.54, 1.807) is 6.92 Å². The van der Waals surface area contributed by atoms with Crippen molar-refractivity contribution in [2.24, 2.45) is 0 Å². The minimum Gasteiger partial charge on any atom is -0.512 e. The van der Waals surface area contributed by atoms with Crippen molar-refractivity contribution < 1.29 is 9.53 Å². The third kappa shape index (κ3) is 10.8. The Hall–Kier alpha value is -1.30. The van der Waals surface area contributed by atoms with Crippen LogP contribution >= 0.6 is 0 Å². The van der Waals surface area contributed by atoms with Gasteiger partial charge in [0.15, 0.2) is 0 Å². The van der Waals surface area contributed by atoms with E-state index in [0.717, 1.165) is 6.08 Å². The largest absolute Gasteiger partial charge is 0.512 e. The quantitative estimate of drug-likeness (QED) is 0.313. The molecule has 0 fully saturated rings. The molecule has 3 heteroatoms. The summed E-state index contributed by atoms with van der Waals surface area (Å²) < 4.78 is 4.43. The molecule has 0 radical (unpaired) electrons. The van der Waals surface area contributed by atoms with Crippen LogP contribution in [0.4, 0.5) is 0 Å². The molecule has 0 aromatic heterocycles. The summed E-state index contributed by atoms with van der Waals surface area (Å²) in [4.78, 5) is 10.1. The van der Waals surface area contributed by atoms with Crippen molar-refractivity contribution in [3.8, 4) is 0 Å². The summed E-state index contributed by atoms with van der Waals surface area (Å²) in [6.45, 7) is 10.1. The van der Waals surface area contributed by atoms with Gasteiger partial charge in [-0.1, -0.05) is 6.58 Å². The fourth-order valence-electron chi connectivity index (χ4n) is 0.201. The summed E-state index contributed by atoms with van der Waals surface area (Å²) in [5.41, 5.74) is 0. The van der Waals surface area contributed by atoms with Gasteiger partial charge in [0.05, 0.1) is 6.61 Å². The summed E-state index contributed by atoms with van der Waals surface area (Å²) in [7, 11) is 0. The van der Waals surface area contributed by atoms with Crippen molar-refractivity contribution in [1.82, 2.24) is 0 Å². The first-order chi connectivity index (χ1) is 4.31. The molecule has 0 aromatic rings. The van der Waals surface area contributed by atoms with Crippen LogP contribution in [0.5, 0.6) is 0 Å². The highest BCUT2D eigenvalue weighted by atomic mass is 16.5. The zero-order chi connectivity index (χ0) is 7.70. The fourth-order valence-corrected chi connectivity index (χ4v) is 0.201. The van der Waals surface area contributed by atoms with Crippen LogP contribution in [0, 0.1) is 11.8 Å².